The van der Waals surface area contributed by atoms with Gasteiger partial charge in [-0.1, -0.05) is 0 Å². The number of rotatable bonds is 0. The van der Waals surface area contributed by atoms with Crippen LogP contribution in [0.5, 0.6) is 0 Å². The minimum absolute atomic E-state index is 0.354. The quantitative estimate of drug-likeness (QED) is 0.406. The summed E-state index contributed by atoms with van der Waals surface area (Å²) in [5, 5.41) is 2.64. The van der Waals surface area contributed by atoms with E-state index in [1.807, 2.05) is 0 Å². The highest BCUT2D eigenvalue weighted by atomic mass is 16.1. The average molecular weight is 125 g/mol. The zero-order chi connectivity index (χ0) is 6.85. The van der Waals surface area contributed by atoms with E-state index in [0.29, 0.717) is 11.6 Å². The van der Waals surface area contributed by atoms with Crippen LogP contribution < -0.4 is 11.1 Å². The number of nitrogens with one attached hydrogen (secondary N) is 1. The van der Waals surface area contributed by atoms with Crippen LogP contribution in [0.4, 0.5) is 0 Å². The van der Waals surface area contributed by atoms with Gasteiger partial charge in [-0.15, -0.1) is 0 Å². The Labute approximate surface area is 52.6 Å². The van der Waals surface area contributed by atoms with Crippen molar-refractivity contribution >= 4 is 5.94 Å². The first-order valence-electron chi connectivity index (χ1n) is 2.46. The van der Waals surface area contributed by atoms with E-state index in [2.05, 4.69) is 5.32 Å². The van der Waals surface area contributed by atoms with Crippen molar-refractivity contribution in [2.45, 2.75) is 0 Å². The van der Waals surface area contributed by atoms with Crippen LogP contribution >= 0.6 is 0 Å². The summed E-state index contributed by atoms with van der Waals surface area (Å²) in [6, 6.07) is 0. The summed E-state index contributed by atoms with van der Waals surface area (Å²) in [7, 11) is 1.69. The van der Waals surface area contributed by atoms with Crippen molar-refractivity contribution in [3.05, 3.63) is 17.8 Å². The second kappa shape index (κ2) is 1.84. The van der Waals surface area contributed by atoms with Gasteiger partial charge in [-0.3, -0.25) is 0 Å². The third-order valence-corrected chi connectivity index (χ3v) is 1.18. The predicted octanol–water partition coefficient (Wildman–Crippen LogP) is -1.05. The SMILES string of the molecule is CN1C(=C=O)NC=C1N. The Morgan fingerprint density at radius 1 is 1.89 bits per heavy atom. The van der Waals surface area contributed by atoms with Crippen molar-refractivity contribution in [1.82, 2.24) is 10.2 Å². The van der Waals surface area contributed by atoms with Crippen LogP contribution in [-0.4, -0.2) is 17.9 Å². The number of hydrogen-bond donors (Lipinski definition) is 2. The maximum absolute atomic E-state index is 10.0. The Bertz CT molecular complexity index is 202. The number of nitrogens with two attached hydrogens (primary N) is 1. The van der Waals surface area contributed by atoms with Crippen molar-refractivity contribution in [2.75, 3.05) is 7.05 Å². The van der Waals surface area contributed by atoms with Gasteiger partial charge in [-0.2, -0.15) is 0 Å². The molecule has 0 aromatic heterocycles. The van der Waals surface area contributed by atoms with Crippen LogP contribution in [0.3, 0.4) is 0 Å². The molecule has 4 heteroatoms. The standard InChI is InChI=1S/C5H7N3O/c1-8-4(6)2-7-5(8)3-9/h2,7H,6H2,1H3. The van der Waals surface area contributed by atoms with Gasteiger partial charge in [0.05, 0.1) is 0 Å². The fraction of sp³-hybridized carbons (Fsp3) is 0.200. The molecule has 0 aliphatic carbocycles. The van der Waals surface area contributed by atoms with Gasteiger partial charge in [0.25, 0.3) is 0 Å². The molecule has 1 heterocycles. The van der Waals surface area contributed by atoms with E-state index < -0.39 is 0 Å². The Balaban J connectivity index is 2.85. The van der Waals surface area contributed by atoms with Crippen LogP contribution in [0, 0.1) is 0 Å². The van der Waals surface area contributed by atoms with E-state index in [0.717, 1.165) is 0 Å². The lowest BCUT2D eigenvalue weighted by Gasteiger charge is -2.09. The molecule has 0 aromatic rings. The third-order valence-electron chi connectivity index (χ3n) is 1.18. The molecule has 0 atom stereocenters. The molecule has 3 N–H and O–H groups in total. The van der Waals surface area contributed by atoms with Crippen LogP contribution in [0.2, 0.25) is 0 Å². The van der Waals surface area contributed by atoms with E-state index in [1.54, 1.807) is 19.2 Å². The van der Waals surface area contributed by atoms with Gasteiger partial charge >= 0.3 is 0 Å². The molecule has 0 spiro atoms. The molecule has 1 aliphatic heterocycles. The Hall–Kier alpha value is -1.41. The molecule has 9 heavy (non-hydrogen) atoms. The summed E-state index contributed by atoms with van der Waals surface area (Å²) in [6.07, 6.45) is 1.54. The molecule has 0 fully saturated rings. The van der Waals surface area contributed by atoms with Crippen molar-refractivity contribution in [2.24, 2.45) is 5.73 Å². The fourth-order valence-corrected chi connectivity index (χ4v) is 0.563. The molecular weight excluding hydrogens is 118 g/mol. The second-order valence-corrected chi connectivity index (χ2v) is 1.72. The zero-order valence-corrected chi connectivity index (χ0v) is 5.01. The Morgan fingerprint density at radius 3 is 2.78 bits per heavy atom. The molecule has 0 saturated heterocycles. The van der Waals surface area contributed by atoms with Gasteiger partial charge in [0.1, 0.15) is 5.82 Å². The minimum Gasteiger partial charge on any atom is -0.384 e. The molecule has 0 saturated carbocycles. The number of carbonyl (C=O) groups excluding carboxylic acids is 1. The van der Waals surface area contributed by atoms with E-state index >= 15 is 0 Å². The summed E-state index contributed by atoms with van der Waals surface area (Å²) in [5.74, 6) is 2.57. The van der Waals surface area contributed by atoms with Gasteiger partial charge in [0.15, 0.2) is 11.8 Å². The van der Waals surface area contributed by atoms with E-state index in [1.165, 1.54) is 4.90 Å². The molecule has 0 unspecified atom stereocenters. The fourth-order valence-electron chi connectivity index (χ4n) is 0.563. The summed E-state index contributed by atoms with van der Waals surface area (Å²) in [5.41, 5.74) is 5.37. The summed E-state index contributed by atoms with van der Waals surface area (Å²) < 4.78 is 0. The molecule has 0 bridgehead atoms. The lowest BCUT2D eigenvalue weighted by atomic mass is 10.7. The van der Waals surface area contributed by atoms with Crippen molar-refractivity contribution in [3.63, 3.8) is 0 Å². The topological polar surface area (TPSA) is 58.4 Å². The molecule has 0 aromatic carbocycles. The molecule has 1 aliphatic rings. The smallest absolute Gasteiger partial charge is 0.198 e. The lowest BCUT2D eigenvalue weighted by Crippen LogP contribution is -2.20. The molecule has 48 valence electrons. The van der Waals surface area contributed by atoms with Gasteiger partial charge in [-0.25, -0.2) is 4.79 Å². The molecule has 0 amide bonds. The highest BCUT2D eigenvalue weighted by molar-refractivity contribution is 5.53. The third kappa shape index (κ3) is 0.752. The van der Waals surface area contributed by atoms with E-state index in [4.69, 9.17) is 5.73 Å². The van der Waals surface area contributed by atoms with E-state index in [9.17, 15) is 4.79 Å². The van der Waals surface area contributed by atoms with Crippen LogP contribution in [0.15, 0.2) is 17.8 Å². The first kappa shape index (κ1) is 5.72. The van der Waals surface area contributed by atoms with Gasteiger partial charge in [0.2, 0.25) is 0 Å². The predicted molar refractivity (Wildman–Crippen MR) is 32.4 cm³/mol. The van der Waals surface area contributed by atoms with Gasteiger partial charge in [0, 0.05) is 13.2 Å². The molecule has 4 nitrogen and oxygen atoms in total. The van der Waals surface area contributed by atoms with Crippen LogP contribution in [-0.2, 0) is 4.79 Å². The number of hydrogen-bond acceptors (Lipinski definition) is 4. The largest absolute Gasteiger partial charge is 0.384 e. The summed E-state index contributed by atoms with van der Waals surface area (Å²) in [4.78, 5) is 11.5. The first-order valence-corrected chi connectivity index (χ1v) is 2.46. The number of nitrogens with zero attached hydrogens (tertiary/aromatic N) is 1. The van der Waals surface area contributed by atoms with Crippen LogP contribution in [0.1, 0.15) is 0 Å². The van der Waals surface area contributed by atoms with Crippen molar-refractivity contribution < 1.29 is 4.79 Å². The molecule has 1 rings (SSSR count). The maximum Gasteiger partial charge on any atom is 0.198 e. The Morgan fingerprint density at radius 2 is 2.56 bits per heavy atom. The highest BCUT2D eigenvalue weighted by Crippen LogP contribution is 2.05. The van der Waals surface area contributed by atoms with Gasteiger partial charge < -0.3 is 16.0 Å². The summed E-state index contributed by atoms with van der Waals surface area (Å²) >= 11 is 0. The normalized spacial score (nSPS) is 16.8. The highest BCUT2D eigenvalue weighted by Gasteiger charge is 2.12. The van der Waals surface area contributed by atoms with E-state index in [-0.39, 0.29) is 0 Å². The Kier molecular flexibility index (Phi) is 1.17. The first-order chi connectivity index (χ1) is 4.25. The van der Waals surface area contributed by atoms with Crippen LogP contribution in [0.25, 0.3) is 0 Å². The van der Waals surface area contributed by atoms with Crippen molar-refractivity contribution in [1.29, 1.82) is 0 Å². The lowest BCUT2D eigenvalue weighted by molar-refractivity contribution is 0.509. The molecule has 0 radical (unpaired) electrons. The second-order valence-electron chi connectivity index (χ2n) is 1.72. The van der Waals surface area contributed by atoms with Gasteiger partial charge in [-0.05, 0) is 0 Å². The monoisotopic (exact) mass is 125 g/mol. The molecular formula is C5H7N3O. The average Bonchev–Trinajstić information content (AvgIpc) is 2.15. The van der Waals surface area contributed by atoms with Crippen molar-refractivity contribution in [3.8, 4) is 0 Å². The maximum atomic E-state index is 10.0. The summed E-state index contributed by atoms with van der Waals surface area (Å²) in [6.45, 7) is 0. The minimum atomic E-state index is 0.354. The zero-order valence-electron chi connectivity index (χ0n) is 5.01.